The summed E-state index contributed by atoms with van der Waals surface area (Å²) in [4.78, 5) is 36.0. The Morgan fingerprint density at radius 2 is 1.82 bits per heavy atom. The van der Waals surface area contributed by atoms with Crippen molar-refractivity contribution in [3.05, 3.63) is 69.3 Å². The number of allylic oxidation sites excluding steroid dienone is 1. The normalized spacial score (nSPS) is 27.5. The SMILES string of the molecule is C/C=C1/[C@H](OC2OC(CO)C(O)C(O)C2O)OC=C(C(=O)OC)[C@H]1CC(=O)OCCC.Cc1ccc2c(=O)c(C)coc2c1. The molecule has 4 N–H and O–H groups in total. The molecule has 3 heterocycles. The standard InChI is InChI=1S/C20H30O11.C11H10O2/c1-4-6-28-14(22)7-11-10(5-2)19(29-9-12(11)18(26)27-3)31-20-17(25)16(24)15(23)13(8-21)30-20;1-7-3-4-9-10(5-7)13-6-8(2)11(9)12/h5,9,11,13,15-17,19-21,23-25H,4,6-8H2,1-3H3;3-6H,1-2H3/b10-5+;/t11-,13?,15?,16?,17?,19-,20?;/m0./s1. The van der Waals surface area contributed by atoms with Gasteiger partial charge in [-0.05, 0) is 44.9 Å². The van der Waals surface area contributed by atoms with Crippen molar-refractivity contribution in [3.8, 4) is 0 Å². The topological polar surface area (TPSA) is 191 Å². The molecule has 2 aliphatic rings. The zero-order valence-electron chi connectivity index (χ0n) is 25.3. The molecule has 2 aromatic rings. The number of fused-ring (bicyclic) bond motifs is 1. The number of aliphatic hydroxyl groups is 4. The summed E-state index contributed by atoms with van der Waals surface area (Å²) in [7, 11) is 1.20. The minimum absolute atomic E-state index is 0.0567. The van der Waals surface area contributed by atoms with E-state index in [4.69, 9.17) is 28.1 Å². The second-order valence-corrected chi connectivity index (χ2v) is 10.4. The molecular weight excluding hydrogens is 580 g/mol. The number of benzene rings is 1. The van der Waals surface area contributed by atoms with Crippen LogP contribution in [0.1, 0.15) is 37.8 Å². The van der Waals surface area contributed by atoms with E-state index >= 15 is 0 Å². The van der Waals surface area contributed by atoms with Crippen molar-refractivity contribution in [1.29, 1.82) is 0 Å². The van der Waals surface area contributed by atoms with Crippen LogP contribution in [0.2, 0.25) is 0 Å². The first kappa shape index (κ1) is 34.9. The summed E-state index contributed by atoms with van der Waals surface area (Å²) >= 11 is 0. The highest BCUT2D eigenvalue weighted by atomic mass is 16.8. The second-order valence-electron chi connectivity index (χ2n) is 10.4. The van der Waals surface area contributed by atoms with Gasteiger partial charge in [0.15, 0.2) is 11.7 Å². The van der Waals surface area contributed by atoms with E-state index in [-0.39, 0.29) is 24.0 Å². The van der Waals surface area contributed by atoms with Gasteiger partial charge in [-0.1, -0.05) is 19.1 Å². The number of hydrogen-bond acceptors (Lipinski definition) is 13. The zero-order valence-corrected chi connectivity index (χ0v) is 25.3. The zero-order chi connectivity index (χ0) is 32.6. The quantitative estimate of drug-likeness (QED) is 0.246. The second kappa shape index (κ2) is 15.9. The van der Waals surface area contributed by atoms with Crippen molar-refractivity contribution >= 4 is 22.9 Å². The van der Waals surface area contributed by atoms with E-state index in [0.717, 1.165) is 11.8 Å². The first-order valence-electron chi connectivity index (χ1n) is 14.2. The molecule has 0 radical (unpaired) electrons. The van der Waals surface area contributed by atoms with Crippen molar-refractivity contribution in [2.45, 2.75) is 77.5 Å². The van der Waals surface area contributed by atoms with Gasteiger partial charge in [-0.15, -0.1) is 0 Å². The molecule has 0 spiro atoms. The molecular formula is C31H40O13. The fraction of sp³-hybridized carbons (Fsp3) is 0.516. The Morgan fingerprint density at radius 1 is 1.09 bits per heavy atom. The van der Waals surface area contributed by atoms with Gasteiger partial charge in [0.05, 0.1) is 50.2 Å². The molecule has 1 fully saturated rings. The highest BCUT2D eigenvalue weighted by Gasteiger charge is 2.46. The lowest BCUT2D eigenvalue weighted by Crippen LogP contribution is -2.60. The molecule has 1 aromatic carbocycles. The maximum atomic E-state index is 12.2. The Bertz CT molecular complexity index is 1410. The molecule has 13 heteroatoms. The third-order valence-corrected chi connectivity index (χ3v) is 7.17. The number of carbonyl (C=O) groups excluding carboxylic acids is 2. The third-order valence-electron chi connectivity index (χ3n) is 7.17. The Labute approximate surface area is 254 Å². The van der Waals surface area contributed by atoms with Gasteiger partial charge in [-0.25, -0.2) is 4.79 Å². The van der Waals surface area contributed by atoms with Gasteiger partial charge in [-0.2, -0.15) is 0 Å². The summed E-state index contributed by atoms with van der Waals surface area (Å²) in [5.74, 6) is -2.01. The number of carbonyl (C=O) groups is 2. The van der Waals surface area contributed by atoms with Crippen LogP contribution < -0.4 is 5.43 Å². The number of rotatable bonds is 8. The smallest absolute Gasteiger partial charge is 0.337 e. The van der Waals surface area contributed by atoms with E-state index in [2.05, 4.69) is 0 Å². The molecule has 0 saturated carbocycles. The Kier molecular flexibility index (Phi) is 12.6. The van der Waals surface area contributed by atoms with Crippen molar-refractivity contribution in [2.75, 3.05) is 20.3 Å². The largest absolute Gasteiger partial charge is 0.468 e. The van der Waals surface area contributed by atoms with Crippen LogP contribution >= 0.6 is 0 Å². The molecule has 0 amide bonds. The summed E-state index contributed by atoms with van der Waals surface area (Å²) in [6, 6.07) is 5.60. The van der Waals surface area contributed by atoms with E-state index in [9.17, 15) is 34.8 Å². The summed E-state index contributed by atoms with van der Waals surface area (Å²) in [6.45, 7) is 6.83. The minimum Gasteiger partial charge on any atom is -0.468 e. The highest BCUT2D eigenvalue weighted by Crippen LogP contribution is 2.36. The van der Waals surface area contributed by atoms with Crippen molar-refractivity contribution < 1.29 is 58.1 Å². The molecule has 5 unspecified atom stereocenters. The monoisotopic (exact) mass is 620 g/mol. The summed E-state index contributed by atoms with van der Waals surface area (Å²) in [5, 5.41) is 40.1. The summed E-state index contributed by atoms with van der Waals surface area (Å²) in [5.41, 5.74) is 2.92. The molecule has 7 atom stereocenters. The van der Waals surface area contributed by atoms with E-state index in [0.29, 0.717) is 28.5 Å². The lowest BCUT2D eigenvalue weighted by molar-refractivity contribution is -0.327. The van der Waals surface area contributed by atoms with Gasteiger partial charge in [0.25, 0.3) is 0 Å². The number of esters is 2. The average Bonchev–Trinajstić information content (AvgIpc) is 3.02. The van der Waals surface area contributed by atoms with Gasteiger partial charge >= 0.3 is 11.9 Å². The number of ether oxygens (including phenoxy) is 5. The maximum absolute atomic E-state index is 12.2. The molecule has 1 saturated heterocycles. The molecule has 44 heavy (non-hydrogen) atoms. The highest BCUT2D eigenvalue weighted by molar-refractivity contribution is 5.90. The predicted octanol–water partition coefficient (Wildman–Crippen LogP) is 1.53. The van der Waals surface area contributed by atoms with Crippen LogP contribution in [0.15, 0.2) is 57.2 Å². The van der Waals surface area contributed by atoms with Crippen molar-refractivity contribution in [1.82, 2.24) is 0 Å². The molecule has 4 rings (SSSR count). The third kappa shape index (κ3) is 8.11. The maximum Gasteiger partial charge on any atom is 0.337 e. The van der Waals surface area contributed by atoms with E-state index in [1.54, 1.807) is 19.9 Å². The van der Waals surface area contributed by atoms with Crippen LogP contribution in [-0.4, -0.2) is 89.7 Å². The van der Waals surface area contributed by atoms with Crippen LogP contribution in [0.3, 0.4) is 0 Å². The minimum atomic E-state index is -1.64. The number of aryl methyl sites for hydroxylation is 2. The first-order chi connectivity index (χ1) is 21.0. The average molecular weight is 621 g/mol. The first-order valence-corrected chi connectivity index (χ1v) is 14.2. The lowest BCUT2D eigenvalue weighted by Gasteiger charge is -2.41. The van der Waals surface area contributed by atoms with Gasteiger partial charge in [0, 0.05) is 17.1 Å². The van der Waals surface area contributed by atoms with Gasteiger partial charge in [-0.3, -0.25) is 9.59 Å². The van der Waals surface area contributed by atoms with E-state index in [1.807, 2.05) is 32.0 Å². The Balaban J connectivity index is 0.000000335. The van der Waals surface area contributed by atoms with Crippen LogP contribution in [-0.2, 0) is 33.3 Å². The van der Waals surface area contributed by atoms with Crippen LogP contribution in [0.5, 0.6) is 0 Å². The summed E-state index contributed by atoms with van der Waals surface area (Å²) in [6.07, 6.45) is -3.98. The van der Waals surface area contributed by atoms with E-state index < -0.39 is 61.5 Å². The van der Waals surface area contributed by atoms with Gasteiger partial charge in [0.1, 0.15) is 30.0 Å². The summed E-state index contributed by atoms with van der Waals surface area (Å²) < 4.78 is 31.7. The lowest BCUT2D eigenvalue weighted by atomic mass is 9.86. The molecule has 0 bridgehead atoms. The fourth-order valence-electron chi connectivity index (χ4n) is 4.70. The van der Waals surface area contributed by atoms with E-state index in [1.165, 1.54) is 13.4 Å². The molecule has 0 aliphatic carbocycles. The molecule has 1 aromatic heterocycles. The van der Waals surface area contributed by atoms with Crippen LogP contribution in [0.4, 0.5) is 0 Å². The molecule has 2 aliphatic heterocycles. The fourth-order valence-corrected chi connectivity index (χ4v) is 4.70. The number of aliphatic hydroxyl groups excluding tert-OH is 4. The van der Waals surface area contributed by atoms with Crippen LogP contribution in [0.25, 0.3) is 11.0 Å². The number of hydrogen-bond donors (Lipinski definition) is 4. The van der Waals surface area contributed by atoms with Crippen molar-refractivity contribution in [3.63, 3.8) is 0 Å². The molecule has 13 nitrogen and oxygen atoms in total. The number of methoxy groups -OCH3 is 1. The Morgan fingerprint density at radius 3 is 2.45 bits per heavy atom. The predicted molar refractivity (Wildman–Crippen MR) is 155 cm³/mol. The molecule has 242 valence electrons. The van der Waals surface area contributed by atoms with Crippen molar-refractivity contribution in [2.24, 2.45) is 5.92 Å². The van der Waals surface area contributed by atoms with Gasteiger partial charge < -0.3 is 48.5 Å². The van der Waals surface area contributed by atoms with Gasteiger partial charge in [0.2, 0.25) is 6.29 Å². The Hall–Kier alpha value is -3.59. The van der Waals surface area contributed by atoms with Crippen LogP contribution in [0, 0.1) is 19.8 Å².